The minimum Gasteiger partial charge on any atom is -0.356 e. The number of likely N-dealkylation sites (N-methyl/N-ethyl adjacent to an activating group) is 1. The molecule has 0 aliphatic rings. The molecule has 1 aromatic carbocycles. The lowest BCUT2D eigenvalue weighted by Gasteiger charge is -2.16. The van der Waals surface area contributed by atoms with Crippen LogP contribution in [-0.2, 0) is 4.79 Å². The van der Waals surface area contributed by atoms with Gasteiger partial charge in [0.25, 0.3) is 0 Å². The number of carbonyl (C=O) groups excluding carboxylic acids is 1. The summed E-state index contributed by atoms with van der Waals surface area (Å²) in [6, 6.07) is 10.1. The Bertz CT molecular complexity index is 334. The molecule has 1 unspecified atom stereocenters. The highest BCUT2D eigenvalue weighted by atomic mass is 16.1. The first kappa shape index (κ1) is 14.7. The fourth-order valence-electron chi connectivity index (χ4n) is 2.21. The lowest BCUT2D eigenvalue weighted by molar-refractivity contribution is -0.122. The van der Waals surface area contributed by atoms with Crippen molar-refractivity contribution in [2.24, 2.45) is 0 Å². The first-order chi connectivity index (χ1) is 8.79. The van der Waals surface area contributed by atoms with Crippen LogP contribution in [0.15, 0.2) is 30.3 Å². The van der Waals surface area contributed by atoms with Crippen LogP contribution in [-0.4, -0.2) is 12.5 Å². The molecular formula is C16H25NO. The Hall–Kier alpha value is -1.31. The Balaban J connectivity index is 2.61. The predicted molar refractivity (Wildman–Crippen MR) is 76.6 cm³/mol. The van der Waals surface area contributed by atoms with Crippen LogP contribution in [0, 0.1) is 0 Å². The fraction of sp³-hybridized carbons (Fsp3) is 0.562. The van der Waals surface area contributed by atoms with E-state index in [-0.39, 0.29) is 11.8 Å². The number of carbonyl (C=O) groups is 1. The van der Waals surface area contributed by atoms with Gasteiger partial charge in [0.2, 0.25) is 5.91 Å². The van der Waals surface area contributed by atoms with Crippen molar-refractivity contribution < 1.29 is 4.79 Å². The maximum Gasteiger partial charge on any atom is 0.227 e. The van der Waals surface area contributed by atoms with Crippen molar-refractivity contribution in [2.45, 2.75) is 51.9 Å². The van der Waals surface area contributed by atoms with E-state index in [0.717, 1.165) is 18.4 Å². The summed E-state index contributed by atoms with van der Waals surface area (Å²) in [4.78, 5) is 12.1. The van der Waals surface area contributed by atoms with Gasteiger partial charge in [-0.3, -0.25) is 4.79 Å². The van der Waals surface area contributed by atoms with Crippen LogP contribution in [0.3, 0.4) is 0 Å². The van der Waals surface area contributed by atoms with Gasteiger partial charge in [-0.1, -0.05) is 62.9 Å². The Morgan fingerprint density at radius 2 is 1.83 bits per heavy atom. The third-order valence-electron chi connectivity index (χ3n) is 3.22. The molecule has 0 spiro atoms. The molecule has 1 amide bonds. The van der Waals surface area contributed by atoms with E-state index in [0.29, 0.717) is 6.54 Å². The average molecular weight is 247 g/mol. The molecule has 1 rings (SSSR count). The second-order valence-corrected chi connectivity index (χ2v) is 4.71. The highest BCUT2D eigenvalue weighted by Gasteiger charge is 2.18. The molecule has 2 nitrogen and oxygen atoms in total. The molecule has 0 aliphatic carbocycles. The van der Waals surface area contributed by atoms with Gasteiger partial charge in [0.15, 0.2) is 0 Å². The van der Waals surface area contributed by atoms with Crippen LogP contribution in [0.4, 0.5) is 0 Å². The summed E-state index contributed by atoms with van der Waals surface area (Å²) in [6.07, 6.45) is 5.80. The van der Waals surface area contributed by atoms with Gasteiger partial charge in [0.05, 0.1) is 5.92 Å². The van der Waals surface area contributed by atoms with Crippen molar-refractivity contribution in [1.29, 1.82) is 0 Å². The van der Waals surface area contributed by atoms with Crippen molar-refractivity contribution in [3.05, 3.63) is 35.9 Å². The number of amides is 1. The van der Waals surface area contributed by atoms with Crippen molar-refractivity contribution in [1.82, 2.24) is 5.32 Å². The number of nitrogens with one attached hydrogen (secondary N) is 1. The standard InChI is InChI=1S/C16H25NO/c1-3-5-6-10-13-15(16(18)17-4-2)14-11-8-7-9-12-14/h7-9,11-12,15H,3-6,10,13H2,1-2H3,(H,17,18). The average Bonchev–Trinajstić information content (AvgIpc) is 2.40. The quantitative estimate of drug-likeness (QED) is 0.694. The zero-order valence-corrected chi connectivity index (χ0v) is 11.6. The van der Waals surface area contributed by atoms with Gasteiger partial charge in [0, 0.05) is 6.54 Å². The van der Waals surface area contributed by atoms with E-state index in [2.05, 4.69) is 24.4 Å². The highest BCUT2D eigenvalue weighted by Crippen LogP contribution is 2.22. The molecule has 2 heteroatoms. The fourth-order valence-corrected chi connectivity index (χ4v) is 2.21. The van der Waals surface area contributed by atoms with E-state index < -0.39 is 0 Å². The van der Waals surface area contributed by atoms with E-state index in [9.17, 15) is 4.79 Å². The van der Waals surface area contributed by atoms with Crippen molar-refractivity contribution in [3.63, 3.8) is 0 Å². The van der Waals surface area contributed by atoms with E-state index in [1.807, 2.05) is 25.1 Å². The third-order valence-corrected chi connectivity index (χ3v) is 3.22. The van der Waals surface area contributed by atoms with Crippen LogP contribution in [0.25, 0.3) is 0 Å². The lowest BCUT2D eigenvalue weighted by Crippen LogP contribution is -2.29. The molecule has 1 aromatic rings. The first-order valence-electron chi connectivity index (χ1n) is 7.12. The summed E-state index contributed by atoms with van der Waals surface area (Å²) in [7, 11) is 0. The van der Waals surface area contributed by atoms with Crippen LogP contribution >= 0.6 is 0 Å². The molecule has 0 radical (unpaired) electrons. The van der Waals surface area contributed by atoms with Gasteiger partial charge in [0.1, 0.15) is 0 Å². The Kier molecular flexibility index (Phi) is 7.16. The Morgan fingerprint density at radius 1 is 1.11 bits per heavy atom. The number of rotatable bonds is 8. The van der Waals surface area contributed by atoms with Gasteiger partial charge in [-0.25, -0.2) is 0 Å². The van der Waals surface area contributed by atoms with Crippen LogP contribution < -0.4 is 5.32 Å². The number of benzene rings is 1. The summed E-state index contributed by atoms with van der Waals surface area (Å²) in [5.41, 5.74) is 1.14. The molecule has 18 heavy (non-hydrogen) atoms. The van der Waals surface area contributed by atoms with E-state index >= 15 is 0 Å². The largest absolute Gasteiger partial charge is 0.356 e. The molecule has 0 aromatic heterocycles. The first-order valence-corrected chi connectivity index (χ1v) is 7.12. The molecule has 0 saturated carbocycles. The predicted octanol–water partition coefficient (Wildman–Crippen LogP) is 3.88. The van der Waals surface area contributed by atoms with Crippen molar-refractivity contribution in [3.8, 4) is 0 Å². The minimum absolute atomic E-state index is 0.0167. The molecule has 0 heterocycles. The topological polar surface area (TPSA) is 29.1 Å². The van der Waals surface area contributed by atoms with Gasteiger partial charge in [-0.2, -0.15) is 0 Å². The van der Waals surface area contributed by atoms with Gasteiger partial charge >= 0.3 is 0 Å². The van der Waals surface area contributed by atoms with E-state index in [1.165, 1.54) is 19.3 Å². The van der Waals surface area contributed by atoms with Crippen LogP contribution in [0.5, 0.6) is 0 Å². The SMILES string of the molecule is CCCCCCC(C(=O)NCC)c1ccccc1. The number of hydrogen-bond donors (Lipinski definition) is 1. The summed E-state index contributed by atoms with van der Waals surface area (Å²) >= 11 is 0. The van der Waals surface area contributed by atoms with Gasteiger partial charge in [-0.15, -0.1) is 0 Å². The molecule has 0 bridgehead atoms. The molecular weight excluding hydrogens is 222 g/mol. The second-order valence-electron chi connectivity index (χ2n) is 4.71. The number of hydrogen-bond acceptors (Lipinski definition) is 1. The molecule has 1 N–H and O–H groups in total. The Labute approximate surface area is 111 Å². The maximum absolute atomic E-state index is 12.1. The smallest absolute Gasteiger partial charge is 0.227 e. The Morgan fingerprint density at radius 3 is 2.44 bits per heavy atom. The van der Waals surface area contributed by atoms with Crippen molar-refractivity contribution in [2.75, 3.05) is 6.54 Å². The second kappa shape index (κ2) is 8.73. The molecule has 0 saturated heterocycles. The third kappa shape index (κ3) is 4.91. The van der Waals surface area contributed by atoms with E-state index in [1.54, 1.807) is 0 Å². The van der Waals surface area contributed by atoms with Crippen LogP contribution in [0.2, 0.25) is 0 Å². The monoisotopic (exact) mass is 247 g/mol. The minimum atomic E-state index is 0.0167. The van der Waals surface area contributed by atoms with E-state index in [4.69, 9.17) is 0 Å². The number of unbranched alkanes of at least 4 members (excludes halogenated alkanes) is 3. The summed E-state index contributed by atoms with van der Waals surface area (Å²) in [6.45, 7) is 4.88. The summed E-state index contributed by atoms with van der Waals surface area (Å²) in [5, 5.41) is 2.95. The summed E-state index contributed by atoms with van der Waals surface area (Å²) in [5.74, 6) is 0.184. The maximum atomic E-state index is 12.1. The van der Waals surface area contributed by atoms with Gasteiger partial charge in [-0.05, 0) is 18.9 Å². The van der Waals surface area contributed by atoms with Crippen LogP contribution in [0.1, 0.15) is 57.4 Å². The normalized spacial score (nSPS) is 12.1. The molecule has 0 fully saturated rings. The van der Waals surface area contributed by atoms with Crippen molar-refractivity contribution >= 4 is 5.91 Å². The zero-order valence-electron chi connectivity index (χ0n) is 11.6. The summed E-state index contributed by atoms with van der Waals surface area (Å²) < 4.78 is 0. The zero-order chi connectivity index (χ0) is 13.2. The molecule has 100 valence electrons. The van der Waals surface area contributed by atoms with Gasteiger partial charge < -0.3 is 5.32 Å². The highest BCUT2D eigenvalue weighted by molar-refractivity contribution is 5.83. The molecule has 1 atom stereocenters. The molecule has 0 aliphatic heterocycles. The lowest BCUT2D eigenvalue weighted by atomic mass is 9.92.